The molecule has 0 bridgehead atoms. The van der Waals surface area contributed by atoms with Crippen LogP contribution in [0.4, 0.5) is 10.2 Å². The predicted molar refractivity (Wildman–Crippen MR) is 116 cm³/mol. The van der Waals surface area contributed by atoms with E-state index >= 15 is 0 Å². The lowest BCUT2D eigenvalue weighted by molar-refractivity contribution is 0.0977. The van der Waals surface area contributed by atoms with Crippen LogP contribution in [0.3, 0.4) is 0 Å². The molecule has 10 heteroatoms. The largest absolute Gasteiger partial charge is 0.508 e. The molecule has 2 aromatic heterocycles. The molecule has 0 radical (unpaired) electrons. The van der Waals surface area contributed by atoms with Crippen molar-refractivity contribution in [2.24, 2.45) is 0 Å². The molecular formula is C21H13FN6O2S. The number of aromatic amines is 1. The fourth-order valence-corrected chi connectivity index (χ4v) is 3.12. The normalized spacial score (nSPS) is 10.5. The Morgan fingerprint density at radius 2 is 1.97 bits per heavy atom. The average molecular weight is 432 g/mol. The van der Waals surface area contributed by atoms with Crippen LogP contribution in [0.1, 0.15) is 15.9 Å². The van der Waals surface area contributed by atoms with Gasteiger partial charge in [0.15, 0.2) is 16.6 Å². The summed E-state index contributed by atoms with van der Waals surface area (Å²) in [5, 5.41) is 31.5. The number of hydrogen-bond donors (Lipinski definition) is 4. The molecule has 0 aliphatic rings. The first-order chi connectivity index (χ1) is 15.0. The number of fused-ring (bicyclic) bond motifs is 1. The van der Waals surface area contributed by atoms with Crippen molar-refractivity contribution in [3.05, 3.63) is 71.5 Å². The number of nitriles is 1. The second kappa shape index (κ2) is 8.17. The first-order valence-corrected chi connectivity index (χ1v) is 9.32. The molecule has 1 amide bonds. The molecule has 152 valence electrons. The van der Waals surface area contributed by atoms with Gasteiger partial charge in [-0.15, -0.1) is 0 Å². The van der Waals surface area contributed by atoms with E-state index in [4.69, 9.17) is 12.2 Å². The van der Waals surface area contributed by atoms with Gasteiger partial charge < -0.3 is 10.4 Å². The molecule has 0 spiro atoms. The molecule has 0 fully saturated rings. The zero-order chi connectivity index (χ0) is 22.0. The Hall–Kier alpha value is -4.36. The van der Waals surface area contributed by atoms with Gasteiger partial charge in [-0.2, -0.15) is 10.4 Å². The molecule has 31 heavy (non-hydrogen) atoms. The van der Waals surface area contributed by atoms with Crippen molar-refractivity contribution in [3.8, 4) is 23.1 Å². The lowest BCUT2D eigenvalue weighted by atomic mass is 10.0. The van der Waals surface area contributed by atoms with E-state index in [9.17, 15) is 19.6 Å². The van der Waals surface area contributed by atoms with Crippen LogP contribution in [0.25, 0.3) is 22.3 Å². The summed E-state index contributed by atoms with van der Waals surface area (Å²) < 4.78 is 14.3. The number of H-pyrrole nitrogens is 1. The highest BCUT2D eigenvalue weighted by Crippen LogP contribution is 2.30. The van der Waals surface area contributed by atoms with E-state index in [-0.39, 0.29) is 45.1 Å². The van der Waals surface area contributed by atoms with E-state index in [1.165, 1.54) is 18.2 Å². The number of nitrogens with one attached hydrogen (secondary N) is 3. The summed E-state index contributed by atoms with van der Waals surface area (Å²) in [6, 6.07) is 15.6. The number of aromatic hydroxyl groups is 1. The summed E-state index contributed by atoms with van der Waals surface area (Å²) in [6.07, 6.45) is 0. The highest BCUT2D eigenvalue weighted by Gasteiger charge is 2.18. The molecule has 0 saturated heterocycles. The number of phenolic OH excluding ortho intramolecular Hbond substituents is 1. The number of amides is 1. The van der Waals surface area contributed by atoms with E-state index in [1.807, 2.05) is 6.07 Å². The molecule has 2 aromatic carbocycles. The highest BCUT2D eigenvalue weighted by molar-refractivity contribution is 7.80. The number of thiocarbonyl (C=S) groups is 1. The van der Waals surface area contributed by atoms with Gasteiger partial charge >= 0.3 is 0 Å². The van der Waals surface area contributed by atoms with Gasteiger partial charge in [-0.25, -0.2) is 9.37 Å². The minimum Gasteiger partial charge on any atom is -0.508 e. The van der Waals surface area contributed by atoms with Gasteiger partial charge in [-0.3, -0.25) is 15.2 Å². The Bertz CT molecular complexity index is 1360. The third-order valence-corrected chi connectivity index (χ3v) is 4.58. The lowest BCUT2D eigenvalue weighted by Gasteiger charge is -2.08. The monoisotopic (exact) mass is 432 g/mol. The fraction of sp³-hybridized carbons (Fsp3) is 0. The van der Waals surface area contributed by atoms with E-state index in [0.717, 1.165) is 6.07 Å². The first-order valence-electron chi connectivity index (χ1n) is 8.91. The molecule has 4 N–H and O–H groups in total. The standard InChI is InChI=1S/C21H13FN6O2S/c22-16-9-13(29)6-7-14(16)17-12(10-23)8-15-18(24-17)27-28-19(15)25-21(31)26-20(30)11-4-2-1-3-5-11/h1-9,29H,(H3,24,25,26,27,28,30,31). The van der Waals surface area contributed by atoms with Crippen molar-refractivity contribution in [1.82, 2.24) is 20.5 Å². The van der Waals surface area contributed by atoms with Crippen LogP contribution in [0, 0.1) is 17.1 Å². The van der Waals surface area contributed by atoms with Crippen molar-refractivity contribution in [1.29, 1.82) is 5.26 Å². The number of phenols is 1. The van der Waals surface area contributed by atoms with Crippen molar-refractivity contribution in [2.45, 2.75) is 0 Å². The van der Waals surface area contributed by atoms with Crippen LogP contribution in [0.15, 0.2) is 54.6 Å². The van der Waals surface area contributed by atoms with Crippen LogP contribution in [-0.4, -0.2) is 31.3 Å². The Labute approximate surface area is 180 Å². The maximum absolute atomic E-state index is 14.3. The molecule has 0 atom stereocenters. The average Bonchev–Trinajstić information content (AvgIpc) is 3.14. The maximum atomic E-state index is 14.3. The lowest BCUT2D eigenvalue weighted by Crippen LogP contribution is -2.34. The van der Waals surface area contributed by atoms with Gasteiger partial charge in [0.05, 0.1) is 16.6 Å². The summed E-state index contributed by atoms with van der Waals surface area (Å²) in [5.41, 5.74) is 0.975. The number of pyridine rings is 1. The number of hydrogen-bond acceptors (Lipinski definition) is 6. The van der Waals surface area contributed by atoms with E-state index < -0.39 is 5.82 Å². The van der Waals surface area contributed by atoms with Crippen molar-refractivity contribution >= 4 is 40.1 Å². The molecule has 0 aliphatic carbocycles. The summed E-state index contributed by atoms with van der Waals surface area (Å²) in [4.78, 5) is 16.5. The van der Waals surface area contributed by atoms with E-state index in [0.29, 0.717) is 10.9 Å². The minimum absolute atomic E-state index is 0.00872. The van der Waals surface area contributed by atoms with Crippen LogP contribution < -0.4 is 10.6 Å². The third-order valence-electron chi connectivity index (χ3n) is 4.37. The molecule has 4 rings (SSSR count). The molecule has 0 saturated carbocycles. The van der Waals surface area contributed by atoms with Crippen LogP contribution in [0.5, 0.6) is 5.75 Å². The van der Waals surface area contributed by atoms with Crippen molar-refractivity contribution in [2.75, 3.05) is 5.32 Å². The number of halogens is 1. The fourth-order valence-electron chi connectivity index (χ4n) is 2.93. The smallest absolute Gasteiger partial charge is 0.257 e. The van der Waals surface area contributed by atoms with Crippen LogP contribution in [0.2, 0.25) is 0 Å². The first kappa shape index (κ1) is 19.9. The van der Waals surface area contributed by atoms with Crippen LogP contribution >= 0.6 is 12.2 Å². The quantitative estimate of drug-likeness (QED) is 0.365. The molecule has 4 aromatic rings. The molecule has 2 heterocycles. The Morgan fingerprint density at radius 1 is 1.19 bits per heavy atom. The van der Waals surface area contributed by atoms with E-state index in [1.54, 1.807) is 30.3 Å². The molecule has 0 unspecified atom stereocenters. The number of anilines is 1. The minimum atomic E-state index is -0.717. The topological polar surface area (TPSA) is 127 Å². The number of carbonyl (C=O) groups excluding carboxylic acids is 1. The summed E-state index contributed by atoms with van der Waals surface area (Å²) in [5.74, 6) is -1.10. The SMILES string of the molecule is N#Cc1cc2c(NC(=S)NC(=O)c3ccccc3)n[nH]c2nc1-c1ccc(O)cc1F. The second-order valence-electron chi connectivity index (χ2n) is 6.40. The van der Waals surface area contributed by atoms with Crippen molar-refractivity contribution in [3.63, 3.8) is 0 Å². The van der Waals surface area contributed by atoms with Crippen LogP contribution in [-0.2, 0) is 0 Å². The second-order valence-corrected chi connectivity index (χ2v) is 6.81. The third kappa shape index (κ3) is 4.03. The summed E-state index contributed by atoms with van der Waals surface area (Å²) in [6.45, 7) is 0. The van der Waals surface area contributed by atoms with Gasteiger partial charge in [0.2, 0.25) is 0 Å². The van der Waals surface area contributed by atoms with Gasteiger partial charge in [-0.1, -0.05) is 18.2 Å². The zero-order valence-electron chi connectivity index (χ0n) is 15.7. The number of rotatable bonds is 3. The number of carbonyl (C=O) groups is 1. The molecule has 8 nitrogen and oxygen atoms in total. The highest BCUT2D eigenvalue weighted by atomic mass is 32.1. The predicted octanol–water partition coefficient (Wildman–Crippen LogP) is 3.47. The van der Waals surface area contributed by atoms with Crippen molar-refractivity contribution < 1.29 is 14.3 Å². The number of nitrogens with zero attached hydrogens (tertiary/aromatic N) is 3. The summed E-state index contributed by atoms with van der Waals surface area (Å²) >= 11 is 5.18. The Morgan fingerprint density at radius 3 is 2.68 bits per heavy atom. The van der Waals surface area contributed by atoms with E-state index in [2.05, 4.69) is 25.8 Å². The Kier molecular flexibility index (Phi) is 5.26. The molecule has 0 aliphatic heterocycles. The number of aromatic nitrogens is 3. The van der Waals surface area contributed by atoms with Gasteiger partial charge in [0.25, 0.3) is 5.91 Å². The number of benzene rings is 2. The summed E-state index contributed by atoms with van der Waals surface area (Å²) in [7, 11) is 0. The molecular weight excluding hydrogens is 419 g/mol. The Balaban J connectivity index is 1.63. The van der Waals surface area contributed by atoms with Gasteiger partial charge in [0, 0.05) is 17.2 Å². The van der Waals surface area contributed by atoms with Gasteiger partial charge in [-0.05, 0) is 42.5 Å². The maximum Gasteiger partial charge on any atom is 0.257 e. The van der Waals surface area contributed by atoms with Gasteiger partial charge in [0.1, 0.15) is 17.6 Å². The zero-order valence-corrected chi connectivity index (χ0v) is 16.5.